The molecule has 0 spiro atoms. The van der Waals surface area contributed by atoms with Crippen LogP contribution in [-0.2, 0) is 0 Å². The van der Waals surface area contributed by atoms with Crippen LogP contribution in [0.25, 0.3) is 0 Å². The molecule has 3 nitrogen and oxygen atoms in total. The highest BCUT2D eigenvalue weighted by Crippen LogP contribution is 2.27. The molecule has 1 saturated carbocycles. The molecular formula is C16H21FN2O. The van der Waals surface area contributed by atoms with Crippen LogP contribution in [0.3, 0.4) is 0 Å². The van der Waals surface area contributed by atoms with Crippen molar-refractivity contribution in [2.24, 2.45) is 5.92 Å². The number of aliphatic hydroxyl groups excluding tert-OH is 1. The number of anilines is 1. The Labute approximate surface area is 119 Å². The predicted octanol–water partition coefficient (Wildman–Crippen LogP) is 3.44. The van der Waals surface area contributed by atoms with Gasteiger partial charge in [0.05, 0.1) is 23.4 Å². The van der Waals surface area contributed by atoms with E-state index in [-0.39, 0.29) is 11.9 Å². The number of rotatable bonds is 5. The summed E-state index contributed by atoms with van der Waals surface area (Å²) >= 11 is 0. The van der Waals surface area contributed by atoms with Crippen LogP contribution in [0, 0.1) is 23.1 Å². The topological polar surface area (TPSA) is 56.0 Å². The van der Waals surface area contributed by atoms with Gasteiger partial charge in [0.2, 0.25) is 0 Å². The largest absolute Gasteiger partial charge is 0.393 e. The molecular weight excluding hydrogens is 255 g/mol. The molecule has 0 aliphatic heterocycles. The van der Waals surface area contributed by atoms with Gasteiger partial charge in [0.1, 0.15) is 5.82 Å². The first-order valence-corrected chi connectivity index (χ1v) is 7.32. The Hall–Kier alpha value is -1.60. The number of nitrogens with one attached hydrogen (secondary N) is 1. The molecule has 2 N–H and O–H groups in total. The molecule has 1 aromatic carbocycles. The maximum absolute atomic E-state index is 13.6. The zero-order valence-electron chi connectivity index (χ0n) is 11.6. The van der Waals surface area contributed by atoms with E-state index in [9.17, 15) is 9.50 Å². The average molecular weight is 276 g/mol. The quantitative estimate of drug-likeness (QED) is 0.810. The number of nitriles is 1. The second kappa shape index (κ2) is 7.25. The summed E-state index contributed by atoms with van der Waals surface area (Å²) in [5, 5.41) is 21.6. The summed E-state index contributed by atoms with van der Waals surface area (Å²) in [5.74, 6) is 0.0121. The molecule has 2 unspecified atom stereocenters. The van der Waals surface area contributed by atoms with Crippen LogP contribution in [0.4, 0.5) is 10.1 Å². The zero-order chi connectivity index (χ0) is 14.4. The van der Waals surface area contributed by atoms with E-state index >= 15 is 0 Å². The van der Waals surface area contributed by atoms with Crippen molar-refractivity contribution in [2.75, 3.05) is 11.9 Å². The highest BCUT2D eigenvalue weighted by molar-refractivity contribution is 5.48. The fraction of sp³-hybridized carbons (Fsp3) is 0.562. The number of hydrogen-bond acceptors (Lipinski definition) is 3. The molecule has 1 aromatic rings. The lowest BCUT2D eigenvalue weighted by atomic mass is 9.83. The number of benzene rings is 1. The molecule has 0 aromatic heterocycles. The van der Waals surface area contributed by atoms with Gasteiger partial charge in [-0.1, -0.05) is 12.8 Å². The van der Waals surface area contributed by atoms with Crippen molar-refractivity contribution >= 4 is 5.69 Å². The fourth-order valence-electron chi connectivity index (χ4n) is 2.84. The van der Waals surface area contributed by atoms with Crippen LogP contribution in [-0.4, -0.2) is 17.8 Å². The van der Waals surface area contributed by atoms with Crippen LogP contribution in [0.2, 0.25) is 0 Å². The third-order valence-electron chi connectivity index (χ3n) is 4.03. The van der Waals surface area contributed by atoms with Gasteiger partial charge < -0.3 is 10.4 Å². The van der Waals surface area contributed by atoms with Gasteiger partial charge in [-0.25, -0.2) is 4.39 Å². The lowest BCUT2D eigenvalue weighted by Crippen LogP contribution is -2.24. The van der Waals surface area contributed by atoms with Crippen molar-refractivity contribution in [3.8, 4) is 6.07 Å². The summed E-state index contributed by atoms with van der Waals surface area (Å²) in [7, 11) is 0. The molecule has 4 heteroatoms. The number of nitrogens with zero attached hydrogens (tertiary/aromatic N) is 1. The Balaban J connectivity index is 1.74. The summed E-state index contributed by atoms with van der Waals surface area (Å²) in [5.41, 5.74) is 0.770. The lowest BCUT2D eigenvalue weighted by molar-refractivity contribution is 0.0648. The molecule has 0 bridgehead atoms. The van der Waals surface area contributed by atoms with Crippen molar-refractivity contribution in [1.82, 2.24) is 0 Å². The van der Waals surface area contributed by atoms with Gasteiger partial charge in [-0.3, -0.25) is 0 Å². The Morgan fingerprint density at radius 3 is 2.85 bits per heavy atom. The van der Waals surface area contributed by atoms with Gasteiger partial charge in [0.15, 0.2) is 0 Å². The van der Waals surface area contributed by atoms with Crippen LogP contribution in [0.1, 0.15) is 44.1 Å². The second-order valence-electron chi connectivity index (χ2n) is 5.49. The van der Waals surface area contributed by atoms with Crippen LogP contribution >= 0.6 is 0 Å². The minimum atomic E-state index is -0.387. The minimum Gasteiger partial charge on any atom is -0.393 e. The van der Waals surface area contributed by atoms with Crippen molar-refractivity contribution in [2.45, 2.75) is 44.6 Å². The van der Waals surface area contributed by atoms with E-state index in [1.165, 1.54) is 12.5 Å². The van der Waals surface area contributed by atoms with Gasteiger partial charge >= 0.3 is 0 Å². The summed E-state index contributed by atoms with van der Waals surface area (Å²) in [6, 6.07) is 6.37. The van der Waals surface area contributed by atoms with E-state index in [0.29, 0.717) is 23.7 Å². The van der Waals surface area contributed by atoms with Crippen LogP contribution in [0.5, 0.6) is 0 Å². The first-order chi connectivity index (χ1) is 9.70. The Morgan fingerprint density at radius 2 is 2.15 bits per heavy atom. The fourth-order valence-corrected chi connectivity index (χ4v) is 2.84. The molecule has 0 amide bonds. The van der Waals surface area contributed by atoms with Gasteiger partial charge in [-0.15, -0.1) is 0 Å². The summed E-state index contributed by atoms with van der Waals surface area (Å²) in [4.78, 5) is 0. The van der Waals surface area contributed by atoms with E-state index < -0.39 is 0 Å². The van der Waals surface area contributed by atoms with Gasteiger partial charge in [-0.2, -0.15) is 5.26 Å². The number of hydrogen-bond donors (Lipinski definition) is 2. The van der Waals surface area contributed by atoms with Crippen molar-refractivity contribution in [1.29, 1.82) is 5.26 Å². The number of aliphatic hydroxyl groups is 1. The van der Waals surface area contributed by atoms with E-state index in [0.717, 1.165) is 32.1 Å². The molecule has 1 fully saturated rings. The SMILES string of the molecule is N#Cc1ccc(NCCCC2CCCCC2O)c(F)c1. The smallest absolute Gasteiger partial charge is 0.147 e. The van der Waals surface area contributed by atoms with Crippen molar-refractivity contribution in [3.63, 3.8) is 0 Å². The summed E-state index contributed by atoms with van der Waals surface area (Å²) in [6.45, 7) is 0.687. The lowest BCUT2D eigenvalue weighted by Gasteiger charge is -2.27. The van der Waals surface area contributed by atoms with Crippen molar-refractivity contribution < 1.29 is 9.50 Å². The molecule has 2 rings (SSSR count). The summed E-state index contributed by atoms with van der Waals surface area (Å²) in [6.07, 6.45) is 6.10. The van der Waals surface area contributed by atoms with Crippen molar-refractivity contribution in [3.05, 3.63) is 29.6 Å². The minimum absolute atomic E-state index is 0.157. The predicted molar refractivity (Wildman–Crippen MR) is 76.8 cm³/mol. The highest BCUT2D eigenvalue weighted by atomic mass is 19.1. The highest BCUT2D eigenvalue weighted by Gasteiger charge is 2.22. The molecule has 1 aliphatic carbocycles. The van der Waals surface area contributed by atoms with Crippen LogP contribution < -0.4 is 5.32 Å². The van der Waals surface area contributed by atoms with E-state index in [4.69, 9.17) is 5.26 Å². The molecule has 0 saturated heterocycles. The maximum Gasteiger partial charge on any atom is 0.147 e. The van der Waals surface area contributed by atoms with E-state index in [2.05, 4.69) is 5.32 Å². The second-order valence-corrected chi connectivity index (χ2v) is 5.49. The van der Waals surface area contributed by atoms with Gasteiger partial charge in [0, 0.05) is 6.54 Å². The van der Waals surface area contributed by atoms with Crippen LogP contribution in [0.15, 0.2) is 18.2 Å². The third-order valence-corrected chi connectivity index (χ3v) is 4.03. The van der Waals surface area contributed by atoms with Gasteiger partial charge in [0.25, 0.3) is 0 Å². The molecule has 0 radical (unpaired) electrons. The number of halogens is 1. The molecule has 20 heavy (non-hydrogen) atoms. The summed E-state index contributed by atoms with van der Waals surface area (Å²) < 4.78 is 13.6. The first-order valence-electron chi connectivity index (χ1n) is 7.32. The monoisotopic (exact) mass is 276 g/mol. The Bertz CT molecular complexity index is 484. The normalized spacial score (nSPS) is 22.2. The molecule has 1 aliphatic rings. The third kappa shape index (κ3) is 3.94. The van der Waals surface area contributed by atoms with E-state index in [1.54, 1.807) is 12.1 Å². The first kappa shape index (κ1) is 14.8. The Kier molecular flexibility index (Phi) is 5.37. The van der Waals surface area contributed by atoms with Gasteiger partial charge in [-0.05, 0) is 49.8 Å². The van der Waals surface area contributed by atoms with E-state index in [1.807, 2.05) is 6.07 Å². The standard InChI is InChI=1S/C16H21FN2O/c17-14-10-12(11-18)7-8-15(14)19-9-3-5-13-4-1-2-6-16(13)20/h7-8,10,13,16,19-20H,1-6,9H2. The average Bonchev–Trinajstić information content (AvgIpc) is 2.46. The molecule has 108 valence electrons. The Morgan fingerprint density at radius 1 is 1.35 bits per heavy atom. The zero-order valence-corrected chi connectivity index (χ0v) is 11.6. The maximum atomic E-state index is 13.6. The molecule has 2 atom stereocenters. The molecule has 0 heterocycles.